The Morgan fingerprint density at radius 1 is 0.971 bits per heavy atom. The van der Waals surface area contributed by atoms with Gasteiger partial charge in [-0.05, 0) is 30.7 Å². The molecule has 2 N–H and O–H groups in total. The number of hydrogen-bond donors (Lipinski definition) is 2. The molecule has 0 aliphatic rings. The van der Waals surface area contributed by atoms with Crippen LogP contribution in [0.1, 0.15) is 18.2 Å². The van der Waals surface area contributed by atoms with Crippen molar-refractivity contribution in [1.82, 2.24) is 19.9 Å². The highest BCUT2D eigenvalue weighted by Crippen LogP contribution is 2.38. The van der Waals surface area contributed by atoms with E-state index in [1.807, 2.05) is 6.92 Å². The lowest BCUT2D eigenvalue weighted by Crippen LogP contribution is -2.09. The second-order valence-electron chi connectivity index (χ2n) is 7.58. The molecule has 5 nitrogen and oxygen atoms in total. The molecule has 5 rings (SSSR count). The standard InChI is InChI=1S/C24H16F5N5/c1-2-18-20(15-10-12(25)11-17(26)19(15)31-18)32-23-14-7-5-9-30-21(14)33-22(34-23)13-6-3-4-8-16(13)24(27,28)29/h3-11,31H,2H2,1H3,(H,30,32,33,34). The average Bonchev–Trinajstić information content (AvgIpc) is 3.16. The molecular formula is C24H16F5N5. The van der Waals surface area contributed by atoms with Crippen LogP contribution in [0.15, 0.2) is 54.7 Å². The molecule has 0 bridgehead atoms. The van der Waals surface area contributed by atoms with E-state index in [9.17, 15) is 22.0 Å². The van der Waals surface area contributed by atoms with Crippen LogP contribution in [0.25, 0.3) is 33.3 Å². The molecule has 0 aliphatic heterocycles. The number of benzene rings is 2. The number of pyridine rings is 1. The first-order valence-electron chi connectivity index (χ1n) is 10.3. The number of nitrogens with zero attached hydrogens (tertiary/aromatic N) is 3. The summed E-state index contributed by atoms with van der Waals surface area (Å²) in [6, 6.07) is 10.2. The van der Waals surface area contributed by atoms with Crippen molar-refractivity contribution in [3.8, 4) is 11.4 Å². The third kappa shape index (κ3) is 3.70. The molecule has 0 amide bonds. The van der Waals surface area contributed by atoms with Gasteiger partial charge >= 0.3 is 6.18 Å². The van der Waals surface area contributed by atoms with Gasteiger partial charge in [0.2, 0.25) is 0 Å². The molecule has 0 saturated carbocycles. The monoisotopic (exact) mass is 469 g/mol. The maximum Gasteiger partial charge on any atom is 0.417 e. The van der Waals surface area contributed by atoms with Crippen molar-refractivity contribution in [2.75, 3.05) is 5.32 Å². The molecule has 10 heteroatoms. The van der Waals surface area contributed by atoms with Crippen LogP contribution in [0.5, 0.6) is 0 Å². The number of H-pyrrole nitrogens is 1. The largest absolute Gasteiger partial charge is 0.417 e. The number of alkyl halides is 3. The fourth-order valence-corrected chi connectivity index (χ4v) is 3.90. The summed E-state index contributed by atoms with van der Waals surface area (Å²) in [5.41, 5.74) is 0.128. The van der Waals surface area contributed by atoms with Crippen LogP contribution in [0.4, 0.5) is 33.5 Å². The first-order chi connectivity index (χ1) is 16.3. The number of rotatable bonds is 4. The number of fused-ring (bicyclic) bond motifs is 2. The molecular weight excluding hydrogens is 453 g/mol. The van der Waals surface area contributed by atoms with E-state index in [4.69, 9.17) is 0 Å². The lowest BCUT2D eigenvalue weighted by Gasteiger charge is -2.14. The zero-order chi connectivity index (χ0) is 24.0. The zero-order valence-corrected chi connectivity index (χ0v) is 17.6. The van der Waals surface area contributed by atoms with Gasteiger partial charge in [-0.2, -0.15) is 13.2 Å². The number of aromatic nitrogens is 4. The van der Waals surface area contributed by atoms with Gasteiger partial charge in [-0.15, -0.1) is 0 Å². The first-order valence-corrected chi connectivity index (χ1v) is 10.3. The molecule has 0 spiro atoms. The maximum absolute atomic E-state index is 14.4. The van der Waals surface area contributed by atoms with Crippen LogP contribution in [0.3, 0.4) is 0 Å². The molecule has 2 aromatic carbocycles. The fraction of sp³-hybridized carbons (Fsp3) is 0.125. The minimum atomic E-state index is -4.62. The van der Waals surface area contributed by atoms with Gasteiger partial charge in [-0.3, -0.25) is 0 Å². The van der Waals surface area contributed by atoms with Crippen LogP contribution in [0, 0.1) is 11.6 Å². The van der Waals surface area contributed by atoms with E-state index in [1.54, 1.807) is 12.1 Å². The zero-order valence-electron chi connectivity index (χ0n) is 17.6. The average molecular weight is 469 g/mol. The predicted octanol–water partition coefficient (Wildman–Crippen LogP) is 6.78. The van der Waals surface area contributed by atoms with Crippen molar-refractivity contribution in [3.63, 3.8) is 0 Å². The van der Waals surface area contributed by atoms with Crippen molar-refractivity contribution in [3.05, 3.63) is 77.6 Å². The number of nitrogens with one attached hydrogen (secondary N) is 2. The van der Waals surface area contributed by atoms with Crippen molar-refractivity contribution in [2.24, 2.45) is 0 Å². The Labute approximate surface area is 189 Å². The van der Waals surface area contributed by atoms with Gasteiger partial charge in [0.15, 0.2) is 11.5 Å². The Morgan fingerprint density at radius 2 is 1.76 bits per heavy atom. The number of hydrogen-bond acceptors (Lipinski definition) is 4. The smallest absolute Gasteiger partial charge is 0.354 e. The highest BCUT2D eigenvalue weighted by molar-refractivity contribution is 5.99. The van der Waals surface area contributed by atoms with Gasteiger partial charge in [-0.1, -0.05) is 25.1 Å². The Morgan fingerprint density at radius 3 is 2.53 bits per heavy atom. The van der Waals surface area contributed by atoms with E-state index in [-0.39, 0.29) is 33.8 Å². The third-order valence-electron chi connectivity index (χ3n) is 5.44. The van der Waals surface area contributed by atoms with Gasteiger partial charge in [-0.25, -0.2) is 23.7 Å². The van der Waals surface area contributed by atoms with Gasteiger partial charge in [0.1, 0.15) is 17.5 Å². The lowest BCUT2D eigenvalue weighted by molar-refractivity contribution is -0.137. The van der Waals surface area contributed by atoms with Gasteiger partial charge in [0.05, 0.1) is 22.2 Å². The summed E-state index contributed by atoms with van der Waals surface area (Å²) in [6.45, 7) is 1.83. The fourth-order valence-electron chi connectivity index (χ4n) is 3.90. The van der Waals surface area contributed by atoms with Gasteiger partial charge in [0.25, 0.3) is 0 Å². The van der Waals surface area contributed by atoms with Crippen molar-refractivity contribution >= 4 is 33.4 Å². The lowest BCUT2D eigenvalue weighted by atomic mass is 10.1. The molecule has 0 saturated heterocycles. The Kier molecular flexibility index (Phi) is 5.15. The van der Waals surface area contributed by atoms with Crippen LogP contribution >= 0.6 is 0 Å². The van der Waals surface area contributed by atoms with E-state index >= 15 is 0 Å². The van der Waals surface area contributed by atoms with E-state index in [1.165, 1.54) is 30.5 Å². The maximum atomic E-state index is 14.4. The number of aryl methyl sites for hydroxylation is 1. The molecule has 5 aromatic rings. The minimum absolute atomic E-state index is 0.111. The van der Waals surface area contributed by atoms with Crippen molar-refractivity contribution < 1.29 is 22.0 Å². The van der Waals surface area contributed by atoms with E-state index in [0.717, 1.165) is 12.1 Å². The number of halogens is 5. The number of anilines is 2. The topological polar surface area (TPSA) is 66.5 Å². The summed E-state index contributed by atoms with van der Waals surface area (Å²) in [7, 11) is 0. The summed E-state index contributed by atoms with van der Waals surface area (Å²) >= 11 is 0. The molecule has 0 aliphatic carbocycles. The normalized spacial score (nSPS) is 11.9. The third-order valence-corrected chi connectivity index (χ3v) is 5.44. The summed E-state index contributed by atoms with van der Waals surface area (Å²) in [4.78, 5) is 15.8. The Balaban J connectivity index is 1.74. The van der Waals surface area contributed by atoms with Crippen molar-refractivity contribution in [1.29, 1.82) is 0 Å². The molecule has 0 unspecified atom stereocenters. The van der Waals surface area contributed by atoms with Crippen LogP contribution in [-0.4, -0.2) is 19.9 Å². The summed E-state index contributed by atoms with van der Waals surface area (Å²) in [6.07, 6.45) is -2.70. The quantitative estimate of drug-likeness (QED) is 0.285. The van der Waals surface area contributed by atoms with Crippen LogP contribution in [-0.2, 0) is 12.6 Å². The molecule has 34 heavy (non-hydrogen) atoms. The van der Waals surface area contributed by atoms with E-state index in [2.05, 4.69) is 25.3 Å². The highest BCUT2D eigenvalue weighted by Gasteiger charge is 2.34. The van der Waals surface area contributed by atoms with Gasteiger partial charge < -0.3 is 10.3 Å². The summed E-state index contributed by atoms with van der Waals surface area (Å²) in [5, 5.41) is 3.76. The minimum Gasteiger partial charge on any atom is -0.354 e. The Bertz CT molecular complexity index is 1540. The molecule has 0 fully saturated rings. The predicted molar refractivity (Wildman–Crippen MR) is 119 cm³/mol. The molecule has 172 valence electrons. The highest BCUT2D eigenvalue weighted by atomic mass is 19.4. The number of aromatic amines is 1. The van der Waals surface area contributed by atoms with Crippen LogP contribution < -0.4 is 5.32 Å². The molecule has 0 radical (unpaired) electrons. The van der Waals surface area contributed by atoms with Gasteiger partial charge in [0, 0.05) is 28.9 Å². The SMILES string of the molecule is CCc1[nH]c2c(F)cc(F)cc2c1Nc1nc(-c2ccccc2C(F)(F)F)nc2ncccc12. The first kappa shape index (κ1) is 21.7. The summed E-state index contributed by atoms with van der Waals surface area (Å²) < 4.78 is 69.3. The molecule has 3 heterocycles. The second-order valence-corrected chi connectivity index (χ2v) is 7.58. The van der Waals surface area contributed by atoms with Crippen LogP contribution in [0.2, 0.25) is 0 Å². The molecule has 0 atom stereocenters. The van der Waals surface area contributed by atoms with E-state index < -0.39 is 23.4 Å². The molecule has 3 aromatic heterocycles. The van der Waals surface area contributed by atoms with E-state index in [0.29, 0.717) is 23.2 Å². The Hall–Kier alpha value is -4.08. The second kappa shape index (κ2) is 8.05. The summed E-state index contributed by atoms with van der Waals surface area (Å²) in [5.74, 6) is -1.54. The van der Waals surface area contributed by atoms with Crippen molar-refractivity contribution in [2.45, 2.75) is 19.5 Å².